The maximum Gasteiger partial charge on any atom is 0.319 e. The Morgan fingerprint density at radius 3 is 2.17 bits per heavy atom. The first-order valence-corrected chi connectivity index (χ1v) is 15.8. The van der Waals surface area contributed by atoms with Crippen LogP contribution < -0.4 is 0 Å². The van der Waals surface area contributed by atoms with Crippen LogP contribution in [0.15, 0.2) is 59.5 Å². The van der Waals surface area contributed by atoms with Crippen molar-refractivity contribution in [3.63, 3.8) is 0 Å². The Labute approximate surface area is 244 Å². The molecule has 0 bridgehead atoms. The van der Waals surface area contributed by atoms with E-state index in [2.05, 4.69) is 29.2 Å². The Morgan fingerprint density at radius 1 is 0.950 bits per heavy atom. The summed E-state index contributed by atoms with van der Waals surface area (Å²) < 4.78 is 23.5. The minimum atomic E-state index is -3.23. The quantitative estimate of drug-likeness (QED) is 0.514. The smallest absolute Gasteiger partial charge is 0.319 e. The topological polar surface area (TPSA) is 81.2 Å². The van der Waals surface area contributed by atoms with Gasteiger partial charge in [-0.1, -0.05) is 42.5 Å². The molecule has 3 heterocycles. The zero-order valence-corrected chi connectivity index (χ0v) is 25.3. The Kier molecular flexibility index (Phi) is 9.17. The molecule has 0 saturated carbocycles. The van der Waals surface area contributed by atoms with Crippen LogP contribution in [0.4, 0.5) is 4.79 Å². The summed E-state index contributed by atoms with van der Waals surface area (Å²) in [7, 11) is 0.387. The Hall–Kier alpha value is -2.62. The zero-order chi connectivity index (χ0) is 27.8. The van der Waals surface area contributed by atoms with Gasteiger partial charge in [0.25, 0.3) is 0 Å². The summed E-state index contributed by atoms with van der Waals surface area (Å²) in [5, 5.41) is 0. The number of hydrogen-bond acceptors (Lipinski definition) is 5. The molecule has 2 aromatic rings. The molecule has 0 aliphatic carbocycles. The molecule has 3 aliphatic heterocycles. The van der Waals surface area contributed by atoms with Gasteiger partial charge < -0.3 is 19.6 Å². The summed E-state index contributed by atoms with van der Waals surface area (Å²) in [5.74, 6) is 0.903. The molecule has 3 aliphatic rings. The van der Waals surface area contributed by atoms with Gasteiger partial charge in [0.1, 0.15) is 0 Å². The van der Waals surface area contributed by atoms with Gasteiger partial charge >= 0.3 is 6.03 Å². The molecule has 218 valence electrons. The van der Waals surface area contributed by atoms with Gasteiger partial charge in [-0.3, -0.25) is 4.79 Å². The van der Waals surface area contributed by atoms with Gasteiger partial charge in [-0.15, -0.1) is 12.4 Å². The fraction of sp³-hybridized carbons (Fsp3) is 0.533. The zero-order valence-electron chi connectivity index (χ0n) is 23.7. The van der Waals surface area contributed by atoms with Crippen LogP contribution in [0.2, 0.25) is 0 Å². The van der Waals surface area contributed by atoms with Crippen molar-refractivity contribution >= 4 is 34.2 Å². The van der Waals surface area contributed by atoms with E-state index in [0.29, 0.717) is 23.3 Å². The maximum absolute atomic E-state index is 13.5. The molecule has 0 radical (unpaired) electrons. The van der Waals surface area contributed by atoms with Crippen molar-refractivity contribution in [2.75, 3.05) is 59.6 Å². The molecule has 2 aromatic carbocycles. The van der Waals surface area contributed by atoms with Gasteiger partial charge in [-0.2, -0.15) is 0 Å². The number of piperidine rings is 1. The number of hydrogen-bond donors (Lipinski definition) is 0. The van der Waals surface area contributed by atoms with E-state index in [1.165, 1.54) is 11.8 Å². The van der Waals surface area contributed by atoms with E-state index in [0.717, 1.165) is 64.1 Å². The number of benzene rings is 2. The number of halogens is 1. The Bertz CT molecular complexity index is 1290. The van der Waals surface area contributed by atoms with Crippen molar-refractivity contribution < 1.29 is 18.0 Å². The van der Waals surface area contributed by atoms with Crippen LogP contribution in [0.1, 0.15) is 36.3 Å². The highest BCUT2D eigenvalue weighted by atomic mass is 35.5. The molecular weight excluding hydrogens is 548 g/mol. The molecule has 2 atom stereocenters. The van der Waals surface area contributed by atoms with E-state index in [1.807, 2.05) is 42.1 Å². The number of urea groups is 1. The predicted octanol–water partition coefficient (Wildman–Crippen LogP) is 3.72. The van der Waals surface area contributed by atoms with E-state index in [1.54, 1.807) is 17.0 Å². The third-order valence-electron chi connectivity index (χ3n) is 8.95. The molecule has 3 saturated heterocycles. The molecular formula is C30H41ClN4O4S. The first kappa shape index (κ1) is 30.3. The lowest BCUT2D eigenvalue weighted by atomic mass is 9.76. The molecule has 3 fully saturated rings. The second-order valence-corrected chi connectivity index (χ2v) is 13.8. The average Bonchev–Trinajstić information content (AvgIpc) is 3.47. The van der Waals surface area contributed by atoms with Crippen molar-refractivity contribution in [1.29, 1.82) is 0 Å². The minimum Gasteiger partial charge on any atom is -0.338 e. The van der Waals surface area contributed by atoms with Crippen LogP contribution >= 0.6 is 12.4 Å². The first-order chi connectivity index (χ1) is 18.6. The normalized spacial score (nSPS) is 22.9. The van der Waals surface area contributed by atoms with Crippen LogP contribution in [0.25, 0.3) is 0 Å². The van der Waals surface area contributed by atoms with Gasteiger partial charge in [0.2, 0.25) is 5.91 Å². The largest absolute Gasteiger partial charge is 0.338 e. The highest BCUT2D eigenvalue weighted by Crippen LogP contribution is 2.43. The van der Waals surface area contributed by atoms with Gasteiger partial charge in [0, 0.05) is 59.0 Å². The van der Waals surface area contributed by atoms with Crippen molar-refractivity contribution in [2.24, 2.45) is 11.3 Å². The van der Waals surface area contributed by atoms with Gasteiger partial charge in [0.05, 0.1) is 10.3 Å². The minimum absolute atomic E-state index is 0. The van der Waals surface area contributed by atoms with Gasteiger partial charge in [0.15, 0.2) is 9.84 Å². The monoisotopic (exact) mass is 588 g/mol. The molecule has 0 unspecified atom stereocenters. The standard InChI is InChI=1S/C30H40N4O4S.ClH/c1-31(2)29(36)34-21-25(27(22-34)24-7-5-4-6-8-24)20-32-16-13-30(14-17-32)15-18-33(28(30)35)19-23-9-11-26(12-10-23)39(3,37)38;/h4-12,25,27H,13-22H2,1-3H3;1H/t25-,27+;/m0./s1. The first-order valence-electron chi connectivity index (χ1n) is 13.9. The number of amides is 3. The number of carbonyl (C=O) groups excluding carboxylic acids is 2. The number of rotatable bonds is 6. The van der Waals surface area contributed by atoms with Crippen molar-refractivity contribution in [2.45, 2.75) is 36.6 Å². The molecule has 3 amide bonds. The van der Waals surface area contributed by atoms with Crippen LogP contribution in [0.3, 0.4) is 0 Å². The van der Waals surface area contributed by atoms with Crippen molar-refractivity contribution in [3.8, 4) is 0 Å². The molecule has 10 heteroatoms. The lowest BCUT2D eigenvalue weighted by Gasteiger charge is -2.39. The molecule has 1 spiro atoms. The lowest BCUT2D eigenvalue weighted by molar-refractivity contribution is -0.139. The Morgan fingerprint density at radius 2 is 1.57 bits per heavy atom. The summed E-state index contributed by atoms with van der Waals surface area (Å²) >= 11 is 0. The third-order valence-corrected chi connectivity index (χ3v) is 10.1. The number of carbonyl (C=O) groups is 2. The highest BCUT2D eigenvalue weighted by molar-refractivity contribution is 7.90. The number of sulfone groups is 1. The number of nitrogens with zero attached hydrogens (tertiary/aromatic N) is 4. The highest BCUT2D eigenvalue weighted by Gasteiger charge is 2.48. The molecule has 5 rings (SSSR count). The Balaban J connectivity index is 0.00000370. The fourth-order valence-corrected chi connectivity index (χ4v) is 7.27. The van der Waals surface area contributed by atoms with E-state index < -0.39 is 9.84 Å². The van der Waals surface area contributed by atoms with Crippen LogP contribution in [0, 0.1) is 11.3 Å². The molecule has 40 heavy (non-hydrogen) atoms. The van der Waals surface area contributed by atoms with E-state index in [-0.39, 0.29) is 29.8 Å². The summed E-state index contributed by atoms with van der Waals surface area (Å²) in [5.41, 5.74) is 1.96. The molecule has 8 nitrogen and oxygen atoms in total. The maximum atomic E-state index is 13.5. The summed E-state index contributed by atoms with van der Waals surface area (Å²) in [6, 6.07) is 17.5. The van der Waals surface area contributed by atoms with E-state index in [9.17, 15) is 18.0 Å². The molecule has 0 N–H and O–H groups in total. The molecule has 0 aromatic heterocycles. The second-order valence-electron chi connectivity index (χ2n) is 11.8. The van der Waals surface area contributed by atoms with Crippen molar-refractivity contribution in [1.82, 2.24) is 19.6 Å². The SMILES string of the molecule is CN(C)C(=O)N1C[C@H](CN2CCC3(CC2)CCN(Cc2ccc(S(C)(=O)=O)cc2)C3=O)[C@@H](c2ccccc2)C1.Cl. The van der Waals surface area contributed by atoms with Gasteiger partial charge in [-0.05, 0) is 61.5 Å². The van der Waals surface area contributed by atoms with Crippen LogP contribution in [-0.2, 0) is 21.2 Å². The average molecular weight is 589 g/mol. The summed E-state index contributed by atoms with van der Waals surface area (Å²) in [6.45, 7) is 5.46. The second kappa shape index (κ2) is 12.1. The van der Waals surface area contributed by atoms with Crippen molar-refractivity contribution in [3.05, 3.63) is 65.7 Å². The number of likely N-dealkylation sites (tertiary alicyclic amines) is 3. The fourth-order valence-electron chi connectivity index (χ4n) is 6.64. The van der Waals surface area contributed by atoms with E-state index >= 15 is 0 Å². The lowest BCUT2D eigenvalue weighted by Crippen LogP contribution is -2.46. The van der Waals surface area contributed by atoms with Gasteiger partial charge in [-0.25, -0.2) is 13.2 Å². The summed E-state index contributed by atoms with van der Waals surface area (Å²) in [4.78, 5) is 34.7. The van der Waals surface area contributed by atoms with Crippen LogP contribution in [-0.4, -0.2) is 99.6 Å². The third kappa shape index (κ3) is 6.31. The summed E-state index contributed by atoms with van der Waals surface area (Å²) in [6.07, 6.45) is 3.80. The van der Waals surface area contributed by atoms with E-state index in [4.69, 9.17) is 0 Å². The predicted molar refractivity (Wildman–Crippen MR) is 158 cm³/mol. The van der Waals surface area contributed by atoms with Crippen LogP contribution in [0.5, 0.6) is 0 Å².